The molecule has 9 heteroatoms. The van der Waals surface area contributed by atoms with Crippen molar-refractivity contribution in [3.63, 3.8) is 0 Å². The lowest BCUT2D eigenvalue weighted by molar-refractivity contribution is -0.152. The van der Waals surface area contributed by atoms with Gasteiger partial charge in [0.15, 0.2) is 15.9 Å². The van der Waals surface area contributed by atoms with Crippen molar-refractivity contribution in [2.24, 2.45) is 0 Å². The van der Waals surface area contributed by atoms with Crippen LogP contribution < -0.4 is 5.32 Å². The molecule has 0 spiro atoms. The van der Waals surface area contributed by atoms with Crippen LogP contribution in [0.25, 0.3) is 0 Å². The van der Waals surface area contributed by atoms with Crippen molar-refractivity contribution in [2.75, 3.05) is 11.1 Å². The minimum atomic E-state index is -3.78. The second-order valence-corrected chi connectivity index (χ2v) is 7.76. The molecular formula is C18H17F2NO5S. The average Bonchev–Trinajstić information content (AvgIpc) is 2.62. The number of nitrogens with one attached hydrogen (secondary N) is 1. The maximum atomic E-state index is 12.9. The summed E-state index contributed by atoms with van der Waals surface area (Å²) in [5.74, 6) is -3.09. The normalized spacial score (nSPS) is 12.3. The zero-order chi connectivity index (χ0) is 20.0. The quantitative estimate of drug-likeness (QED) is 0.573. The van der Waals surface area contributed by atoms with Gasteiger partial charge in [-0.25, -0.2) is 17.2 Å². The van der Waals surface area contributed by atoms with E-state index < -0.39 is 51.6 Å². The van der Waals surface area contributed by atoms with E-state index in [0.717, 1.165) is 36.4 Å². The van der Waals surface area contributed by atoms with Gasteiger partial charge in [-0.1, -0.05) is 0 Å². The molecule has 27 heavy (non-hydrogen) atoms. The van der Waals surface area contributed by atoms with E-state index in [1.807, 2.05) is 0 Å². The van der Waals surface area contributed by atoms with Crippen molar-refractivity contribution in [1.82, 2.24) is 0 Å². The van der Waals surface area contributed by atoms with Gasteiger partial charge in [0.1, 0.15) is 11.6 Å². The lowest BCUT2D eigenvalue weighted by atomic mass is 10.3. The first kappa shape index (κ1) is 20.5. The summed E-state index contributed by atoms with van der Waals surface area (Å²) in [5, 5.41) is 2.44. The van der Waals surface area contributed by atoms with Crippen molar-refractivity contribution < 1.29 is 31.5 Å². The van der Waals surface area contributed by atoms with Gasteiger partial charge in [-0.2, -0.15) is 0 Å². The summed E-state index contributed by atoms with van der Waals surface area (Å²) >= 11 is 0. The minimum Gasteiger partial charge on any atom is -0.453 e. The standard InChI is InChI=1S/C18H17F2NO5S/c1-12(18(23)21-15-6-2-13(19)3-7-15)26-17(22)10-11-27(24,25)16-8-4-14(20)5-9-16/h2-9,12H,10-11H2,1H3,(H,21,23)/t12-/m0/s1. The molecular weight excluding hydrogens is 380 g/mol. The smallest absolute Gasteiger partial charge is 0.307 e. The van der Waals surface area contributed by atoms with Crippen LogP contribution in [-0.2, 0) is 24.2 Å². The molecule has 0 fully saturated rings. The molecule has 0 aromatic heterocycles. The Bertz CT molecular complexity index is 912. The summed E-state index contributed by atoms with van der Waals surface area (Å²) in [5.41, 5.74) is 0.322. The van der Waals surface area contributed by atoms with E-state index >= 15 is 0 Å². The predicted octanol–water partition coefficient (Wildman–Crippen LogP) is 2.70. The molecule has 6 nitrogen and oxygen atoms in total. The molecule has 0 heterocycles. The van der Waals surface area contributed by atoms with Crippen LogP contribution in [0.1, 0.15) is 13.3 Å². The van der Waals surface area contributed by atoms with Gasteiger partial charge >= 0.3 is 5.97 Å². The second-order valence-electron chi connectivity index (χ2n) is 5.65. The number of carbonyl (C=O) groups is 2. The largest absolute Gasteiger partial charge is 0.453 e. The topological polar surface area (TPSA) is 89.5 Å². The number of esters is 1. The van der Waals surface area contributed by atoms with Gasteiger partial charge in [-0.05, 0) is 55.5 Å². The van der Waals surface area contributed by atoms with Gasteiger partial charge in [-0.3, -0.25) is 9.59 Å². The van der Waals surface area contributed by atoms with E-state index in [0.29, 0.717) is 5.69 Å². The first-order valence-corrected chi connectivity index (χ1v) is 9.57. The van der Waals surface area contributed by atoms with Crippen LogP contribution in [0.15, 0.2) is 53.4 Å². The molecule has 0 saturated carbocycles. The molecule has 0 aliphatic carbocycles. The Morgan fingerprint density at radius 2 is 1.52 bits per heavy atom. The second kappa shape index (κ2) is 8.72. The van der Waals surface area contributed by atoms with Crippen molar-refractivity contribution in [2.45, 2.75) is 24.3 Å². The Balaban J connectivity index is 1.86. The summed E-state index contributed by atoms with van der Waals surface area (Å²) in [6, 6.07) is 9.23. The fraction of sp³-hybridized carbons (Fsp3) is 0.222. The molecule has 2 aromatic rings. The minimum absolute atomic E-state index is 0.112. The molecule has 1 amide bonds. The molecule has 2 rings (SSSR count). The Morgan fingerprint density at radius 3 is 2.07 bits per heavy atom. The van der Waals surface area contributed by atoms with Crippen LogP contribution in [0.4, 0.5) is 14.5 Å². The SMILES string of the molecule is C[C@H](OC(=O)CCS(=O)(=O)c1ccc(F)cc1)C(=O)Nc1ccc(F)cc1. The number of carbonyl (C=O) groups excluding carboxylic acids is 2. The van der Waals surface area contributed by atoms with Gasteiger partial charge in [0.25, 0.3) is 5.91 Å². The summed E-state index contributed by atoms with van der Waals surface area (Å²) in [4.78, 5) is 23.7. The molecule has 0 aliphatic rings. The Labute approximate surface area is 155 Å². The Hall–Kier alpha value is -2.81. The molecule has 0 unspecified atom stereocenters. The fourth-order valence-corrected chi connectivity index (χ4v) is 3.29. The number of sulfone groups is 1. The lowest BCUT2D eigenvalue weighted by Crippen LogP contribution is -2.30. The van der Waals surface area contributed by atoms with Crippen LogP contribution in [0.3, 0.4) is 0 Å². The highest BCUT2D eigenvalue weighted by Crippen LogP contribution is 2.14. The molecule has 0 saturated heterocycles. The van der Waals surface area contributed by atoms with Crippen LogP contribution in [0.5, 0.6) is 0 Å². The highest BCUT2D eigenvalue weighted by atomic mass is 32.2. The maximum Gasteiger partial charge on any atom is 0.307 e. The van der Waals surface area contributed by atoms with Crippen molar-refractivity contribution >= 4 is 27.4 Å². The number of hydrogen-bond acceptors (Lipinski definition) is 5. The fourth-order valence-electron chi connectivity index (χ4n) is 2.06. The van der Waals surface area contributed by atoms with Gasteiger partial charge in [0.2, 0.25) is 0 Å². The molecule has 0 aliphatic heterocycles. The number of amides is 1. The average molecular weight is 397 g/mol. The molecule has 0 bridgehead atoms. The van der Waals surface area contributed by atoms with Crippen LogP contribution in [-0.4, -0.2) is 32.2 Å². The third kappa shape index (κ3) is 6.14. The summed E-state index contributed by atoms with van der Waals surface area (Å²) in [6.07, 6.45) is -1.63. The van der Waals surface area contributed by atoms with Crippen molar-refractivity contribution in [1.29, 1.82) is 0 Å². The van der Waals surface area contributed by atoms with Gasteiger partial charge in [-0.15, -0.1) is 0 Å². The van der Waals surface area contributed by atoms with Crippen LogP contribution in [0.2, 0.25) is 0 Å². The number of ether oxygens (including phenoxy) is 1. The highest BCUT2D eigenvalue weighted by molar-refractivity contribution is 7.91. The Morgan fingerprint density at radius 1 is 1.00 bits per heavy atom. The third-order valence-electron chi connectivity index (χ3n) is 3.54. The number of hydrogen-bond donors (Lipinski definition) is 1. The van der Waals surface area contributed by atoms with Gasteiger partial charge < -0.3 is 10.1 Å². The highest BCUT2D eigenvalue weighted by Gasteiger charge is 2.21. The van der Waals surface area contributed by atoms with Crippen molar-refractivity contribution in [3.8, 4) is 0 Å². The zero-order valence-corrected chi connectivity index (χ0v) is 15.1. The van der Waals surface area contributed by atoms with Crippen LogP contribution in [0, 0.1) is 11.6 Å². The first-order valence-electron chi connectivity index (χ1n) is 7.91. The van der Waals surface area contributed by atoms with E-state index in [-0.39, 0.29) is 4.90 Å². The molecule has 144 valence electrons. The van der Waals surface area contributed by atoms with E-state index in [9.17, 15) is 26.8 Å². The third-order valence-corrected chi connectivity index (χ3v) is 5.27. The first-order chi connectivity index (χ1) is 12.7. The lowest BCUT2D eigenvalue weighted by Gasteiger charge is -2.13. The predicted molar refractivity (Wildman–Crippen MR) is 93.7 cm³/mol. The maximum absolute atomic E-state index is 12.9. The Kier molecular flexibility index (Phi) is 6.62. The number of anilines is 1. The van der Waals surface area contributed by atoms with Gasteiger partial charge in [0, 0.05) is 5.69 Å². The van der Waals surface area contributed by atoms with E-state index in [4.69, 9.17) is 4.74 Å². The zero-order valence-electron chi connectivity index (χ0n) is 14.3. The number of halogens is 2. The van der Waals surface area contributed by atoms with E-state index in [2.05, 4.69) is 5.32 Å². The molecule has 1 atom stereocenters. The van der Waals surface area contributed by atoms with Gasteiger partial charge in [0.05, 0.1) is 17.1 Å². The van der Waals surface area contributed by atoms with Crippen LogP contribution >= 0.6 is 0 Å². The summed E-state index contributed by atoms with van der Waals surface area (Å²) < 4.78 is 54.8. The van der Waals surface area contributed by atoms with E-state index in [1.54, 1.807) is 0 Å². The van der Waals surface area contributed by atoms with E-state index in [1.165, 1.54) is 19.1 Å². The number of rotatable bonds is 7. The summed E-state index contributed by atoms with van der Waals surface area (Å²) in [7, 11) is -3.78. The monoisotopic (exact) mass is 397 g/mol. The molecule has 0 radical (unpaired) electrons. The molecule has 2 aromatic carbocycles. The van der Waals surface area contributed by atoms with Crippen molar-refractivity contribution in [3.05, 3.63) is 60.2 Å². The number of benzene rings is 2. The summed E-state index contributed by atoms with van der Waals surface area (Å²) in [6.45, 7) is 1.32. The molecule has 1 N–H and O–H groups in total.